The number of nitrogens with zero attached hydrogens (tertiary/aromatic N) is 1. The smallest absolute Gasteiger partial charge is 0.341 e. The van der Waals surface area contributed by atoms with Crippen molar-refractivity contribution >= 4 is 18.4 Å². The van der Waals surface area contributed by atoms with E-state index in [1.54, 1.807) is 13.0 Å². The van der Waals surface area contributed by atoms with E-state index in [1.807, 2.05) is 0 Å². The molecule has 2 atom stereocenters. The standard InChI is InChI=1S/C14H22N2O3.ClH/c1-9-4-11(6-15)7-16(9)8-12-5-13(10(2)19-12)14(17)18-3;/h5,9,11H,4,6-8,15H2,1-3H3;1H. The van der Waals surface area contributed by atoms with Crippen LogP contribution in [0, 0.1) is 12.8 Å². The fourth-order valence-corrected chi connectivity index (χ4v) is 2.74. The molecule has 0 radical (unpaired) electrons. The van der Waals surface area contributed by atoms with Crippen LogP contribution in [-0.4, -0.2) is 37.1 Å². The Hall–Kier alpha value is -1.04. The Bertz CT molecular complexity index is 461. The highest BCUT2D eigenvalue weighted by Gasteiger charge is 2.29. The summed E-state index contributed by atoms with van der Waals surface area (Å²) in [6.07, 6.45) is 1.13. The molecule has 2 rings (SSSR count). The van der Waals surface area contributed by atoms with Gasteiger partial charge in [-0.2, -0.15) is 0 Å². The molecule has 2 unspecified atom stereocenters. The predicted octanol–water partition coefficient (Wildman–Crippen LogP) is 1.97. The summed E-state index contributed by atoms with van der Waals surface area (Å²) in [5.74, 6) is 1.64. The Balaban J connectivity index is 0.00000200. The van der Waals surface area contributed by atoms with Crippen molar-refractivity contribution < 1.29 is 13.9 Å². The minimum Gasteiger partial charge on any atom is -0.465 e. The number of ether oxygens (including phenoxy) is 1. The van der Waals surface area contributed by atoms with E-state index in [2.05, 4.69) is 11.8 Å². The van der Waals surface area contributed by atoms with Crippen LogP contribution in [0.5, 0.6) is 0 Å². The lowest BCUT2D eigenvalue weighted by Crippen LogP contribution is -2.27. The summed E-state index contributed by atoms with van der Waals surface area (Å²) in [4.78, 5) is 13.9. The minimum atomic E-state index is -0.346. The van der Waals surface area contributed by atoms with Gasteiger partial charge in [-0.3, -0.25) is 4.90 Å². The number of halogens is 1. The van der Waals surface area contributed by atoms with Gasteiger partial charge in [-0.25, -0.2) is 4.79 Å². The van der Waals surface area contributed by atoms with Crippen LogP contribution in [0.2, 0.25) is 0 Å². The highest BCUT2D eigenvalue weighted by molar-refractivity contribution is 5.90. The van der Waals surface area contributed by atoms with E-state index in [9.17, 15) is 4.79 Å². The third kappa shape index (κ3) is 3.53. The van der Waals surface area contributed by atoms with Crippen molar-refractivity contribution in [3.8, 4) is 0 Å². The van der Waals surface area contributed by atoms with Crippen LogP contribution in [0.1, 0.15) is 35.2 Å². The van der Waals surface area contributed by atoms with E-state index < -0.39 is 0 Å². The molecular formula is C14H23ClN2O3. The van der Waals surface area contributed by atoms with E-state index in [-0.39, 0.29) is 18.4 Å². The topological polar surface area (TPSA) is 68.7 Å². The van der Waals surface area contributed by atoms with Crippen molar-refractivity contribution in [3.05, 3.63) is 23.2 Å². The summed E-state index contributed by atoms with van der Waals surface area (Å²) >= 11 is 0. The quantitative estimate of drug-likeness (QED) is 0.861. The average molecular weight is 303 g/mol. The summed E-state index contributed by atoms with van der Waals surface area (Å²) in [6.45, 7) is 6.42. The second-order valence-corrected chi connectivity index (χ2v) is 5.29. The first-order valence-electron chi connectivity index (χ1n) is 6.66. The minimum absolute atomic E-state index is 0. The fraction of sp³-hybridized carbons (Fsp3) is 0.643. The largest absolute Gasteiger partial charge is 0.465 e. The van der Waals surface area contributed by atoms with Crippen LogP contribution in [-0.2, 0) is 11.3 Å². The Morgan fingerprint density at radius 2 is 2.30 bits per heavy atom. The molecule has 0 saturated carbocycles. The highest BCUT2D eigenvalue weighted by atomic mass is 35.5. The molecule has 20 heavy (non-hydrogen) atoms. The SMILES string of the molecule is COC(=O)c1cc(CN2CC(CN)CC2C)oc1C.Cl. The van der Waals surface area contributed by atoms with Crippen LogP contribution >= 0.6 is 12.4 Å². The number of furan rings is 1. The Kier molecular flexibility index (Phi) is 6.05. The van der Waals surface area contributed by atoms with Crippen molar-refractivity contribution in [2.24, 2.45) is 11.7 Å². The van der Waals surface area contributed by atoms with Gasteiger partial charge >= 0.3 is 5.97 Å². The Labute approximate surface area is 125 Å². The van der Waals surface area contributed by atoms with Crippen molar-refractivity contribution in [1.29, 1.82) is 0 Å². The van der Waals surface area contributed by atoms with Gasteiger partial charge in [0, 0.05) is 12.6 Å². The summed E-state index contributed by atoms with van der Waals surface area (Å²) in [5.41, 5.74) is 6.24. The number of rotatable bonds is 4. The summed E-state index contributed by atoms with van der Waals surface area (Å²) in [5, 5.41) is 0. The molecule has 2 heterocycles. The monoisotopic (exact) mass is 302 g/mol. The number of carbonyl (C=O) groups is 1. The maximum absolute atomic E-state index is 11.5. The van der Waals surface area contributed by atoms with Crippen molar-refractivity contribution in [2.75, 3.05) is 20.2 Å². The van der Waals surface area contributed by atoms with Crippen molar-refractivity contribution in [3.63, 3.8) is 0 Å². The predicted molar refractivity (Wildman–Crippen MR) is 79.1 cm³/mol. The van der Waals surface area contributed by atoms with Gasteiger partial charge in [-0.15, -0.1) is 12.4 Å². The van der Waals surface area contributed by atoms with Crippen LogP contribution in [0.3, 0.4) is 0 Å². The number of carbonyl (C=O) groups excluding carboxylic acids is 1. The highest BCUT2D eigenvalue weighted by Crippen LogP contribution is 2.25. The molecule has 1 saturated heterocycles. The molecule has 0 bridgehead atoms. The van der Waals surface area contributed by atoms with Crippen LogP contribution in [0.15, 0.2) is 10.5 Å². The molecule has 0 spiro atoms. The Morgan fingerprint density at radius 3 is 2.85 bits per heavy atom. The van der Waals surface area contributed by atoms with E-state index in [1.165, 1.54) is 7.11 Å². The number of methoxy groups -OCH3 is 1. The first-order valence-corrected chi connectivity index (χ1v) is 6.66. The van der Waals surface area contributed by atoms with E-state index in [0.29, 0.717) is 23.3 Å². The first kappa shape index (κ1) is 17.0. The summed E-state index contributed by atoms with van der Waals surface area (Å²) < 4.78 is 10.4. The average Bonchev–Trinajstić information content (AvgIpc) is 2.93. The second kappa shape index (κ2) is 7.11. The molecule has 0 aliphatic carbocycles. The molecule has 1 aliphatic rings. The van der Waals surface area contributed by atoms with Gasteiger partial charge in [0.25, 0.3) is 0 Å². The second-order valence-electron chi connectivity index (χ2n) is 5.29. The van der Waals surface area contributed by atoms with E-state index in [4.69, 9.17) is 14.9 Å². The first-order chi connectivity index (χ1) is 9.05. The molecule has 6 heteroatoms. The van der Waals surface area contributed by atoms with Gasteiger partial charge in [0.15, 0.2) is 0 Å². The third-order valence-corrected chi connectivity index (χ3v) is 3.86. The fourth-order valence-electron chi connectivity index (χ4n) is 2.74. The molecule has 0 amide bonds. The zero-order chi connectivity index (χ0) is 14.0. The van der Waals surface area contributed by atoms with E-state index >= 15 is 0 Å². The zero-order valence-electron chi connectivity index (χ0n) is 12.2. The van der Waals surface area contributed by atoms with Gasteiger partial charge in [0.2, 0.25) is 0 Å². The molecule has 1 aromatic heterocycles. The number of aryl methyl sites for hydroxylation is 1. The van der Waals surface area contributed by atoms with Gasteiger partial charge < -0.3 is 14.9 Å². The lowest BCUT2D eigenvalue weighted by atomic mass is 10.1. The number of esters is 1. The van der Waals surface area contributed by atoms with Gasteiger partial charge in [-0.05, 0) is 38.8 Å². The van der Waals surface area contributed by atoms with Gasteiger partial charge in [0.1, 0.15) is 17.1 Å². The number of hydrogen-bond donors (Lipinski definition) is 1. The van der Waals surface area contributed by atoms with Crippen molar-refractivity contribution in [1.82, 2.24) is 4.90 Å². The maximum atomic E-state index is 11.5. The number of likely N-dealkylation sites (tertiary alicyclic amines) is 1. The summed E-state index contributed by atoms with van der Waals surface area (Å²) in [6, 6.07) is 2.28. The maximum Gasteiger partial charge on any atom is 0.341 e. The third-order valence-electron chi connectivity index (χ3n) is 3.86. The molecule has 0 aromatic carbocycles. The number of nitrogens with two attached hydrogens (primary N) is 1. The molecule has 114 valence electrons. The molecule has 1 aliphatic heterocycles. The molecule has 5 nitrogen and oxygen atoms in total. The molecule has 1 aromatic rings. The number of hydrogen-bond acceptors (Lipinski definition) is 5. The van der Waals surface area contributed by atoms with Crippen molar-refractivity contribution in [2.45, 2.75) is 32.9 Å². The summed E-state index contributed by atoms with van der Waals surface area (Å²) in [7, 11) is 1.38. The lowest BCUT2D eigenvalue weighted by Gasteiger charge is -2.19. The molecular weight excluding hydrogens is 280 g/mol. The molecule has 1 fully saturated rings. The van der Waals surface area contributed by atoms with E-state index in [0.717, 1.165) is 31.8 Å². The lowest BCUT2D eigenvalue weighted by molar-refractivity contribution is 0.0599. The van der Waals surface area contributed by atoms with Gasteiger partial charge in [0.05, 0.1) is 13.7 Å². The van der Waals surface area contributed by atoms with Crippen LogP contribution in [0.25, 0.3) is 0 Å². The van der Waals surface area contributed by atoms with Crippen LogP contribution in [0.4, 0.5) is 0 Å². The Morgan fingerprint density at radius 1 is 1.60 bits per heavy atom. The van der Waals surface area contributed by atoms with Crippen LogP contribution < -0.4 is 5.73 Å². The normalized spacial score (nSPS) is 22.6. The molecule has 2 N–H and O–H groups in total. The van der Waals surface area contributed by atoms with Gasteiger partial charge in [-0.1, -0.05) is 0 Å². The zero-order valence-corrected chi connectivity index (χ0v) is 13.0.